The number of nitro benzene ring substituents is 1. The van der Waals surface area contributed by atoms with E-state index in [1.54, 1.807) is 0 Å². The van der Waals surface area contributed by atoms with Gasteiger partial charge in [-0.15, -0.1) is 10.2 Å². The molecule has 3 rings (SSSR count). The fourth-order valence-corrected chi connectivity index (χ4v) is 6.51. The van der Waals surface area contributed by atoms with Crippen LogP contribution in [0, 0.1) is 10.1 Å². The first-order chi connectivity index (χ1) is 20.9. The Morgan fingerprint density at radius 1 is 0.767 bits per heavy atom. The maximum absolute atomic E-state index is 11.2. The molecule has 0 aliphatic rings. The Labute approximate surface area is 272 Å². The number of benzene rings is 3. The Kier molecular flexibility index (Phi) is 16.0. The van der Waals surface area contributed by atoms with Gasteiger partial charge < -0.3 is 9.84 Å². The van der Waals surface area contributed by atoms with Crippen LogP contribution in [0.15, 0.2) is 61.6 Å². The quantitative estimate of drug-likeness (QED) is 0.0513. The predicted molar refractivity (Wildman–Crippen MR) is 183 cm³/mol. The largest absolute Gasteiger partial charge is 0.504 e. The van der Waals surface area contributed by atoms with Gasteiger partial charge in [-0.05, 0) is 49.7 Å². The number of nitrogens with zero attached hydrogens (tertiary/aromatic N) is 3. The molecule has 0 amide bonds. The second-order valence-corrected chi connectivity index (χ2v) is 12.9. The predicted octanol–water partition coefficient (Wildman–Crippen LogP) is 13.0. The van der Waals surface area contributed by atoms with Crippen LogP contribution in [-0.4, -0.2) is 16.6 Å². The molecule has 0 aliphatic carbocycles. The van der Waals surface area contributed by atoms with E-state index >= 15 is 0 Å². The summed E-state index contributed by atoms with van der Waals surface area (Å²) in [5.41, 5.74) is 0.732. The van der Waals surface area contributed by atoms with Gasteiger partial charge in [0.25, 0.3) is 5.69 Å². The summed E-state index contributed by atoms with van der Waals surface area (Å²) in [6.45, 7) is 2.74. The Balaban J connectivity index is 1.44. The molecular formula is C34H45Br2N3O4. The van der Waals surface area contributed by atoms with E-state index in [2.05, 4.69) is 49.0 Å². The molecule has 0 atom stereocenters. The highest BCUT2D eigenvalue weighted by Gasteiger charge is 2.17. The summed E-state index contributed by atoms with van der Waals surface area (Å²) in [6, 6.07) is 12.1. The number of halogens is 2. The first-order valence-corrected chi connectivity index (χ1v) is 17.4. The van der Waals surface area contributed by atoms with Gasteiger partial charge in [0.1, 0.15) is 11.4 Å². The van der Waals surface area contributed by atoms with Gasteiger partial charge in [-0.3, -0.25) is 10.1 Å². The lowest BCUT2D eigenvalue weighted by Gasteiger charge is -2.13. The van der Waals surface area contributed by atoms with Gasteiger partial charge in [-0.2, -0.15) is 0 Å². The maximum Gasteiger partial charge on any atom is 0.271 e. The second-order valence-electron chi connectivity index (χ2n) is 11.2. The van der Waals surface area contributed by atoms with Crippen LogP contribution in [0.1, 0.15) is 110 Å². The Morgan fingerprint density at radius 3 is 1.81 bits per heavy atom. The fraction of sp³-hybridized carbons (Fsp3) is 0.529. The lowest BCUT2D eigenvalue weighted by atomic mass is 10.0. The number of non-ortho nitro benzene ring substituents is 1. The number of azo groups is 1. The van der Waals surface area contributed by atoms with Gasteiger partial charge >= 0.3 is 0 Å². The van der Waals surface area contributed by atoms with Crippen LogP contribution in [0.25, 0.3) is 10.8 Å². The smallest absolute Gasteiger partial charge is 0.271 e. The van der Waals surface area contributed by atoms with Crippen molar-refractivity contribution in [2.45, 2.75) is 110 Å². The number of rotatable bonds is 21. The molecule has 0 aliphatic heterocycles. The number of hydrogen-bond acceptors (Lipinski definition) is 6. The normalized spacial score (nSPS) is 11.5. The summed E-state index contributed by atoms with van der Waals surface area (Å²) < 4.78 is 6.94. The monoisotopic (exact) mass is 717 g/mol. The highest BCUT2D eigenvalue weighted by Crippen LogP contribution is 2.45. The number of phenols is 1. The number of aromatic hydroxyl groups is 1. The number of fused-ring (bicyclic) bond motifs is 1. The average molecular weight is 720 g/mol. The highest BCUT2D eigenvalue weighted by atomic mass is 79.9. The molecule has 0 aromatic heterocycles. The van der Waals surface area contributed by atoms with Crippen LogP contribution in [0.5, 0.6) is 11.5 Å². The highest BCUT2D eigenvalue weighted by molar-refractivity contribution is 9.11. The molecule has 0 heterocycles. The maximum atomic E-state index is 11.2. The molecule has 0 bridgehead atoms. The van der Waals surface area contributed by atoms with Crippen LogP contribution in [0.4, 0.5) is 17.1 Å². The Morgan fingerprint density at radius 2 is 1.28 bits per heavy atom. The van der Waals surface area contributed by atoms with Crippen molar-refractivity contribution in [2.75, 3.05) is 6.61 Å². The van der Waals surface area contributed by atoms with Gasteiger partial charge in [-0.25, -0.2) is 0 Å². The molecule has 0 fully saturated rings. The topological polar surface area (TPSA) is 97.3 Å². The number of ether oxygens (including phenoxy) is 1. The fourth-order valence-electron chi connectivity index (χ4n) is 5.19. The molecule has 9 heteroatoms. The Hall–Kier alpha value is -2.52. The zero-order valence-corrected chi connectivity index (χ0v) is 28.5. The van der Waals surface area contributed by atoms with E-state index in [1.165, 1.54) is 102 Å². The number of hydrogen-bond donors (Lipinski definition) is 1. The van der Waals surface area contributed by atoms with Crippen molar-refractivity contribution in [1.29, 1.82) is 0 Å². The van der Waals surface area contributed by atoms with Gasteiger partial charge in [0.2, 0.25) is 0 Å². The summed E-state index contributed by atoms with van der Waals surface area (Å²) >= 11 is 6.70. The van der Waals surface area contributed by atoms with E-state index in [4.69, 9.17) is 4.74 Å². The van der Waals surface area contributed by atoms with Crippen LogP contribution in [-0.2, 0) is 0 Å². The summed E-state index contributed by atoms with van der Waals surface area (Å²) in [5, 5.41) is 32.4. The molecule has 234 valence electrons. The van der Waals surface area contributed by atoms with E-state index in [9.17, 15) is 15.2 Å². The molecule has 0 saturated carbocycles. The third-order valence-electron chi connectivity index (χ3n) is 7.67. The number of phenolic OH excluding ortho intramolecular Hbond substituents is 1. The third-order valence-corrected chi connectivity index (χ3v) is 8.88. The van der Waals surface area contributed by atoms with E-state index in [1.807, 2.05) is 30.3 Å². The lowest BCUT2D eigenvalue weighted by Crippen LogP contribution is -1.98. The molecule has 0 spiro atoms. The summed E-state index contributed by atoms with van der Waals surface area (Å²) in [5.74, 6) is 0.322. The first-order valence-electron chi connectivity index (χ1n) is 15.8. The minimum Gasteiger partial charge on any atom is -0.504 e. The van der Waals surface area contributed by atoms with Crippen LogP contribution in [0.3, 0.4) is 0 Å². The Bertz CT molecular complexity index is 1310. The molecule has 3 aromatic rings. The second kappa shape index (κ2) is 19.7. The number of unbranched alkanes of at least 4 members (excludes halogenated alkanes) is 15. The van der Waals surface area contributed by atoms with E-state index in [0.717, 1.165) is 18.2 Å². The van der Waals surface area contributed by atoms with Crippen LogP contribution < -0.4 is 4.74 Å². The molecule has 3 aromatic carbocycles. The van der Waals surface area contributed by atoms with E-state index in [0.29, 0.717) is 32.3 Å². The SMILES string of the molecule is CCCCCCCCCCCCCCCCCCOc1c(N=Nc2c(Br)cc([N+](=O)[O-])cc2Br)cc2ccccc2c1O. The van der Waals surface area contributed by atoms with Crippen LogP contribution >= 0.6 is 31.9 Å². The summed E-state index contributed by atoms with van der Waals surface area (Å²) in [7, 11) is 0. The number of nitro groups is 1. The molecule has 43 heavy (non-hydrogen) atoms. The molecule has 0 radical (unpaired) electrons. The molecule has 1 N–H and O–H groups in total. The standard InChI is InChI=1S/C34H45Br2N3O4/c1-2-3-4-5-6-7-8-9-10-11-12-13-14-15-16-19-22-43-34-31(23-26-20-17-18-21-28(26)33(34)40)37-38-32-29(35)24-27(39(41)42)25-30(32)36/h17-18,20-21,23-25,40H,2-16,19,22H2,1H3. The minimum atomic E-state index is -0.470. The van der Waals surface area contributed by atoms with Gasteiger partial charge in [0, 0.05) is 17.5 Å². The summed E-state index contributed by atoms with van der Waals surface area (Å²) in [6.07, 6.45) is 20.9. The van der Waals surface area contributed by atoms with Gasteiger partial charge in [-0.1, -0.05) is 128 Å². The first kappa shape index (κ1) is 35.0. The molecular weight excluding hydrogens is 674 g/mol. The third kappa shape index (κ3) is 11.8. The summed E-state index contributed by atoms with van der Waals surface area (Å²) in [4.78, 5) is 10.7. The lowest BCUT2D eigenvalue weighted by molar-refractivity contribution is -0.385. The van der Waals surface area contributed by atoms with Crippen molar-refractivity contribution in [2.24, 2.45) is 10.2 Å². The average Bonchev–Trinajstić information content (AvgIpc) is 2.99. The molecule has 0 unspecified atom stereocenters. The van der Waals surface area contributed by atoms with Crippen molar-refractivity contribution in [3.05, 3.63) is 61.5 Å². The van der Waals surface area contributed by atoms with Crippen molar-refractivity contribution < 1.29 is 14.8 Å². The van der Waals surface area contributed by atoms with Crippen LogP contribution in [0.2, 0.25) is 0 Å². The van der Waals surface area contributed by atoms with E-state index in [-0.39, 0.29) is 17.2 Å². The van der Waals surface area contributed by atoms with E-state index < -0.39 is 4.92 Å². The van der Waals surface area contributed by atoms with Crippen molar-refractivity contribution in [1.82, 2.24) is 0 Å². The minimum absolute atomic E-state index is 0.0328. The van der Waals surface area contributed by atoms with Crippen molar-refractivity contribution in [3.8, 4) is 11.5 Å². The van der Waals surface area contributed by atoms with Crippen molar-refractivity contribution >= 4 is 59.7 Å². The molecule has 0 saturated heterocycles. The zero-order valence-electron chi connectivity index (χ0n) is 25.3. The molecule has 7 nitrogen and oxygen atoms in total. The van der Waals surface area contributed by atoms with Gasteiger partial charge in [0.05, 0.1) is 20.5 Å². The zero-order chi connectivity index (χ0) is 30.9. The van der Waals surface area contributed by atoms with Gasteiger partial charge in [0.15, 0.2) is 11.5 Å². The van der Waals surface area contributed by atoms with Crippen molar-refractivity contribution in [3.63, 3.8) is 0 Å².